The van der Waals surface area contributed by atoms with Crippen LogP contribution in [0, 0.1) is 0 Å². The van der Waals surface area contributed by atoms with Gasteiger partial charge in [-0.05, 0) is 25.0 Å². The fourth-order valence-electron chi connectivity index (χ4n) is 1.29. The second kappa shape index (κ2) is 3.56. The van der Waals surface area contributed by atoms with E-state index in [1.54, 1.807) is 0 Å². The lowest BCUT2D eigenvalue weighted by Crippen LogP contribution is -2.42. The zero-order valence-corrected chi connectivity index (χ0v) is 7.82. The first-order valence-electron chi connectivity index (χ1n) is 4.49. The molecule has 0 spiro atoms. The van der Waals surface area contributed by atoms with Crippen LogP contribution < -0.4 is 10.6 Å². The fourth-order valence-corrected chi connectivity index (χ4v) is 2.44. The predicted octanol–water partition coefficient (Wildman–Crippen LogP) is 0.954. The van der Waals surface area contributed by atoms with Crippen LogP contribution in [0.4, 0.5) is 4.79 Å². The van der Waals surface area contributed by atoms with Crippen molar-refractivity contribution in [3.8, 4) is 0 Å². The van der Waals surface area contributed by atoms with E-state index in [-0.39, 0.29) is 6.03 Å². The van der Waals surface area contributed by atoms with Gasteiger partial charge < -0.3 is 10.6 Å². The second-order valence-electron chi connectivity index (χ2n) is 3.45. The van der Waals surface area contributed by atoms with Gasteiger partial charge in [0.05, 0.1) is 0 Å². The van der Waals surface area contributed by atoms with Crippen LogP contribution in [0.2, 0.25) is 0 Å². The molecule has 68 valence electrons. The van der Waals surface area contributed by atoms with Gasteiger partial charge in [-0.25, -0.2) is 4.79 Å². The number of nitrogens with one attached hydrogen (secondary N) is 2. The maximum atomic E-state index is 11.2. The highest BCUT2D eigenvalue weighted by atomic mass is 32.2. The number of amides is 2. The van der Waals surface area contributed by atoms with Gasteiger partial charge >= 0.3 is 6.03 Å². The largest absolute Gasteiger partial charge is 0.335 e. The maximum absolute atomic E-state index is 11.2. The van der Waals surface area contributed by atoms with Gasteiger partial charge in [-0.2, -0.15) is 11.8 Å². The first kappa shape index (κ1) is 8.23. The van der Waals surface area contributed by atoms with Crippen molar-refractivity contribution >= 4 is 17.8 Å². The monoisotopic (exact) mass is 186 g/mol. The number of rotatable bonds is 2. The molecule has 0 aromatic heterocycles. The van der Waals surface area contributed by atoms with Crippen LogP contribution in [0.3, 0.4) is 0 Å². The minimum atomic E-state index is 0.0324. The Labute approximate surface area is 76.7 Å². The van der Waals surface area contributed by atoms with Crippen molar-refractivity contribution in [3.05, 3.63) is 0 Å². The molecule has 1 unspecified atom stereocenters. The lowest BCUT2D eigenvalue weighted by molar-refractivity contribution is 0.237. The van der Waals surface area contributed by atoms with Crippen molar-refractivity contribution in [1.82, 2.24) is 10.6 Å². The Morgan fingerprint density at radius 2 is 1.92 bits per heavy atom. The van der Waals surface area contributed by atoms with E-state index in [4.69, 9.17) is 0 Å². The first-order valence-corrected chi connectivity index (χ1v) is 5.65. The molecule has 1 atom stereocenters. The quantitative estimate of drug-likeness (QED) is 0.674. The Balaban J connectivity index is 1.66. The van der Waals surface area contributed by atoms with Crippen LogP contribution in [0.1, 0.15) is 19.3 Å². The summed E-state index contributed by atoms with van der Waals surface area (Å²) in [5.74, 6) is 2.27. The van der Waals surface area contributed by atoms with Crippen molar-refractivity contribution in [2.45, 2.75) is 31.3 Å². The van der Waals surface area contributed by atoms with E-state index in [0.29, 0.717) is 12.1 Å². The number of urea groups is 1. The molecule has 2 fully saturated rings. The Morgan fingerprint density at radius 3 is 2.50 bits per heavy atom. The average molecular weight is 186 g/mol. The van der Waals surface area contributed by atoms with Gasteiger partial charge in [0.15, 0.2) is 0 Å². The van der Waals surface area contributed by atoms with Gasteiger partial charge in [0, 0.05) is 17.8 Å². The normalized spacial score (nSPS) is 28.5. The van der Waals surface area contributed by atoms with Crippen molar-refractivity contribution in [1.29, 1.82) is 0 Å². The first-order chi connectivity index (χ1) is 5.84. The highest BCUT2D eigenvalue weighted by Crippen LogP contribution is 2.19. The summed E-state index contributed by atoms with van der Waals surface area (Å²) in [5, 5.41) is 5.90. The molecule has 0 aromatic carbocycles. The molecule has 1 saturated heterocycles. The molecule has 2 rings (SSSR count). The molecule has 2 amide bonds. The summed E-state index contributed by atoms with van der Waals surface area (Å²) in [4.78, 5) is 11.2. The van der Waals surface area contributed by atoms with Gasteiger partial charge in [0.2, 0.25) is 0 Å². The number of carbonyl (C=O) groups is 1. The minimum absolute atomic E-state index is 0.0324. The zero-order valence-electron chi connectivity index (χ0n) is 7.01. The highest BCUT2D eigenvalue weighted by molar-refractivity contribution is 7.99. The smallest absolute Gasteiger partial charge is 0.315 e. The molecule has 0 radical (unpaired) electrons. The zero-order chi connectivity index (χ0) is 8.39. The third-order valence-corrected chi connectivity index (χ3v) is 3.34. The van der Waals surface area contributed by atoms with Crippen molar-refractivity contribution in [2.75, 3.05) is 11.5 Å². The Morgan fingerprint density at radius 1 is 1.17 bits per heavy atom. The molecule has 0 aromatic rings. The van der Waals surface area contributed by atoms with Crippen molar-refractivity contribution < 1.29 is 4.79 Å². The Bertz CT molecular complexity index is 176. The van der Waals surface area contributed by atoms with Crippen LogP contribution in [0.15, 0.2) is 0 Å². The molecule has 12 heavy (non-hydrogen) atoms. The van der Waals surface area contributed by atoms with Gasteiger partial charge in [0.25, 0.3) is 0 Å². The molecular formula is C8H14N2OS. The van der Waals surface area contributed by atoms with E-state index in [1.807, 2.05) is 11.8 Å². The molecule has 3 nitrogen and oxygen atoms in total. The van der Waals surface area contributed by atoms with E-state index in [1.165, 1.54) is 5.75 Å². The van der Waals surface area contributed by atoms with Crippen LogP contribution in [-0.2, 0) is 0 Å². The molecule has 4 heteroatoms. The summed E-state index contributed by atoms with van der Waals surface area (Å²) in [6, 6.07) is 0.915. The molecule has 1 saturated carbocycles. The van der Waals surface area contributed by atoms with E-state index < -0.39 is 0 Å². The number of thioether (sulfide) groups is 1. The summed E-state index contributed by atoms with van der Waals surface area (Å²) in [6.45, 7) is 0. The summed E-state index contributed by atoms with van der Waals surface area (Å²) in [5.41, 5.74) is 0. The van der Waals surface area contributed by atoms with Gasteiger partial charge in [-0.15, -0.1) is 0 Å². The van der Waals surface area contributed by atoms with Gasteiger partial charge in [-0.1, -0.05) is 0 Å². The van der Waals surface area contributed by atoms with E-state index in [2.05, 4.69) is 10.6 Å². The topological polar surface area (TPSA) is 41.1 Å². The average Bonchev–Trinajstić information content (AvgIpc) is 2.66. The summed E-state index contributed by atoms with van der Waals surface area (Å²) >= 11 is 1.92. The molecule has 1 heterocycles. The van der Waals surface area contributed by atoms with Crippen LogP contribution >= 0.6 is 11.8 Å². The van der Waals surface area contributed by atoms with E-state index in [9.17, 15) is 4.79 Å². The van der Waals surface area contributed by atoms with Gasteiger partial charge in [-0.3, -0.25) is 0 Å². The maximum Gasteiger partial charge on any atom is 0.315 e. The third kappa shape index (κ3) is 2.30. The van der Waals surface area contributed by atoms with Crippen LogP contribution in [-0.4, -0.2) is 29.6 Å². The highest BCUT2D eigenvalue weighted by Gasteiger charge is 2.25. The second-order valence-corrected chi connectivity index (χ2v) is 4.60. The Hall–Kier alpha value is -0.380. The van der Waals surface area contributed by atoms with Gasteiger partial charge in [0.1, 0.15) is 0 Å². The molecule has 1 aliphatic heterocycles. The molecule has 2 N–H and O–H groups in total. The summed E-state index contributed by atoms with van der Waals surface area (Å²) < 4.78 is 0. The fraction of sp³-hybridized carbons (Fsp3) is 0.875. The lowest BCUT2D eigenvalue weighted by atomic mass is 10.3. The predicted molar refractivity (Wildman–Crippen MR) is 50.4 cm³/mol. The summed E-state index contributed by atoms with van der Waals surface area (Å²) in [7, 11) is 0. The standard InChI is InChI=1S/C8H14N2OS/c11-8(9-6-1-2-6)10-7-3-4-12-5-7/h6-7H,1-5H2,(H2,9,10,11). The summed E-state index contributed by atoms with van der Waals surface area (Å²) in [6.07, 6.45) is 3.45. The molecule has 0 bridgehead atoms. The minimum Gasteiger partial charge on any atom is -0.335 e. The lowest BCUT2D eigenvalue weighted by Gasteiger charge is -2.11. The van der Waals surface area contributed by atoms with Crippen molar-refractivity contribution in [3.63, 3.8) is 0 Å². The SMILES string of the molecule is O=C(NC1CC1)NC1CCSC1. The molecular weight excluding hydrogens is 172 g/mol. The van der Waals surface area contributed by atoms with Crippen LogP contribution in [0.25, 0.3) is 0 Å². The number of hydrogen-bond acceptors (Lipinski definition) is 2. The Kier molecular flexibility index (Phi) is 2.44. The van der Waals surface area contributed by atoms with E-state index in [0.717, 1.165) is 25.0 Å². The number of carbonyl (C=O) groups excluding carboxylic acids is 1. The van der Waals surface area contributed by atoms with Crippen LogP contribution in [0.5, 0.6) is 0 Å². The molecule has 1 aliphatic carbocycles. The van der Waals surface area contributed by atoms with Crippen molar-refractivity contribution in [2.24, 2.45) is 0 Å². The third-order valence-electron chi connectivity index (χ3n) is 2.18. The molecule has 2 aliphatic rings. The number of hydrogen-bond donors (Lipinski definition) is 2. The van der Waals surface area contributed by atoms with E-state index >= 15 is 0 Å².